The Labute approximate surface area is 191 Å². The Bertz CT molecular complexity index is 881. The summed E-state index contributed by atoms with van der Waals surface area (Å²) in [5.74, 6) is 2.95. The Morgan fingerprint density at radius 2 is 1.50 bits per heavy atom. The molecule has 1 aliphatic rings. The Kier molecular flexibility index (Phi) is 8.61. The molecule has 0 unspecified atom stereocenters. The minimum atomic E-state index is -0.314. The van der Waals surface area contributed by atoms with Gasteiger partial charge in [-0.1, -0.05) is 12.1 Å². The monoisotopic (exact) mass is 445 g/mol. The van der Waals surface area contributed by atoms with Crippen LogP contribution in [0, 0.1) is 0 Å². The van der Waals surface area contributed by atoms with Crippen molar-refractivity contribution in [2.45, 2.75) is 39.1 Å². The van der Waals surface area contributed by atoms with Gasteiger partial charge in [-0.2, -0.15) is 0 Å². The van der Waals surface area contributed by atoms with Gasteiger partial charge in [0.1, 0.15) is 0 Å². The summed E-state index contributed by atoms with van der Waals surface area (Å²) < 4.78 is 34.0. The number of ether oxygens (including phenoxy) is 6. The second kappa shape index (κ2) is 11.4. The summed E-state index contributed by atoms with van der Waals surface area (Å²) >= 11 is 0. The number of rotatable bonds is 11. The second-order valence-corrected chi connectivity index (χ2v) is 7.54. The largest absolute Gasteiger partial charge is 0.493 e. The molecule has 1 aliphatic heterocycles. The van der Waals surface area contributed by atoms with Crippen LogP contribution in [-0.2, 0) is 22.4 Å². The lowest BCUT2D eigenvalue weighted by Gasteiger charge is -2.39. The Morgan fingerprint density at radius 1 is 0.844 bits per heavy atom. The van der Waals surface area contributed by atoms with Gasteiger partial charge in [-0.25, -0.2) is 0 Å². The van der Waals surface area contributed by atoms with E-state index >= 15 is 0 Å². The standard InChI is InChI=1S/C25H35NO6/c1-7-31-24(32-8-2)16-26-15-19-17(9-12-22(28-4)25(19)30-6)13-20(26)18-10-11-21(27-3)23(14-18)29-5/h9-12,14,20,24H,7-8,13,15-16H2,1-6H3/t20-/m0/s1. The molecule has 0 amide bonds. The summed E-state index contributed by atoms with van der Waals surface area (Å²) in [6.07, 6.45) is 0.502. The first kappa shape index (κ1) is 24.2. The minimum Gasteiger partial charge on any atom is -0.493 e. The lowest BCUT2D eigenvalue weighted by Crippen LogP contribution is -2.41. The van der Waals surface area contributed by atoms with E-state index in [1.807, 2.05) is 26.0 Å². The number of hydrogen-bond acceptors (Lipinski definition) is 7. The van der Waals surface area contributed by atoms with E-state index in [0.29, 0.717) is 37.8 Å². The number of nitrogens with zero attached hydrogens (tertiary/aromatic N) is 1. The van der Waals surface area contributed by atoms with Gasteiger partial charge in [0.25, 0.3) is 0 Å². The Morgan fingerprint density at radius 3 is 2.09 bits per heavy atom. The molecule has 0 saturated carbocycles. The van der Waals surface area contributed by atoms with Gasteiger partial charge < -0.3 is 28.4 Å². The van der Waals surface area contributed by atoms with Gasteiger partial charge in [-0.15, -0.1) is 0 Å². The molecule has 0 aromatic heterocycles. The van der Waals surface area contributed by atoms with E-state index < -0.39 is 0 Å². The second-order valence-electron chi connectivity index (χ2n) is 7.54. The topological polar surface area (TPSA) is 58.6 Å². The summed E-state index contributed by atoms with van der Waals surface area (Å²) in [7, 11) is 6.66. The number of methoxy groups -OCH3 is 4. The van der Waals surface area contributed by atoms with E-state index in [4.69, 9.17) is 28.4 Å². The van der Waals surface area contributed by atoms with Crippen LogP contribution in [0.3, 0.4) is 0 Å². The average molecular weight is 446 g/mol. The molecule has 1 atom stereocenters. The molecule has 176 valence electrons. The summed E-state index contributed by atoms with van der Waals surface area (Å²) in [6, 6.07) is 10.3. The van der Waals surface area contributed by atoms with E-state index in [1.54, 1.807) is 28.4 Å². The van der Waals surface area contributed by atoms with Crippen LogP contribution in [0.1, 0.15) is 36.6 Å². The lowest BCUT2D eigenvalue weighted by molar-refractivity contribution is -0.152. The number of hydrogen-bond donors (Lipinski definition) is 0. The zero-order valence-corrected chi connectivity index (χ0v) is 20.0. The Hall–Kier alpha value is -2.48. The predicted molar refractivity (Wildman–Crippen MR) is 123 cm³/mol. The third-order valence-electron chi connectivity index (χ3n) is 5.84. The molecule has 0 saturated heterocycles. The molecule has 2 aromatic carbocycles. The predicted octanol–water partition coefficient (Wildman–Crippen LogP) is 4.22. The van der Waals surface area contributed by atoms with E-state index in [1.165, 1.54) is 5.56 Å². The maximum atomic E-state index is 5.88. The third kappa shape index (κ3) is 5.11. The molecule has 32 heavy (non-hydrogen) atoms. The molecule has 0 radical (unpaired) electrons. The SMILES string of the molecule is CCOC(CN1Cc2c(ccc(OC)c2OC)C[C@H]1c1ccc(OC)c(OC)c1)OCC. The summed E-state index contributed by atoms with van der Waals surface area (Å²) in [5.41, 5.74) is 3.52. The molecule has 0 N–H and O–H groups in total. The van der Waals surface area contributed by atoms with Crippen molar-refractivity contribution >= 4 is 0 Å². The van der Waals surface area contributed by atoms with Crippen LogP contribution < -0.4 is 18.9 Å². The highest BCUT2D eigenvalue weighted by Gasteiger charge is 2.33. The molecule has 0 fully saturated rings. The highest BCUT2D eigenvalue weighted by atomic mass is 16.7. The summed E-state index contributed by atoms with van der Waals surface area (Å²) in [6.45, 7) is 6.46. The molecule has 2 aromatic rings. The maximum absolute atomic E-state index is 5.88. The molecular formula is C25H35NO6. The molecule has 0 bridgehead atoms. The zero-order chi connectivity index (χ0) is 23.1. The van der Waals surface area contributed by atoms with Crippen molar-refractivity contribution in [1.82, 2.24) is 4.90 Å². The average Bonchev–Trinajstić information content (AvgIpc) is 2.82. The fourth-order valence-electron chi connectivity index (χ4n) is 4.34. The van der Waals surface area contributed by atoms with Crippen molar-refractivity contribution < 1.29 is 28.4 Å². The van der Waals surface area contributed by atoms with Crippen LogP contribution in [-0.4, -0.2) is 59.4 Å². The number of fused-ring (bicyclic) bond motifs is 1. The fourth-order valence-corrected chi connectivity index (χ4v) is 4.34. The van der Waals surface area contributed by atoms with E-state index in [2.05, 4.69) is 23.1 Å². The van der Waals surface area contributed by atoms with Crippen molar-refractivity contribution in [2.24, 2.45) is 0 Å². The van der Waals surface area contributed by atoms with Crippen molar-refractivity contribution in [3.05, 3.63) is 47.0 Å². The molecular weight excluding hydrogens is 410 g/mol. The van der Waals surface area contributed by atoms with Gasteiger partial charge in [0, 0.05) is 31.4 Å². The molecule has 7 heteroatoms. The lowest BCUT2D eigenvalue weighted by atomic mass is 9.89. The summed E-state index contributed by atoms with van der Waals surface area (Å²) in [5, 5.41) is 0. The van der Waals surface area contributed by atoms with Crippen LogP contribution in [0.25, 0.3) is 0 Å². The van der Waals surface area contributed by atoms with Crippen molar-refractivity contribution in [3.63, 3.8) is 0 Å². The molecule has 1 heterocycles. The van der Waals surface area contributed by atoms with Crippen LogP contribution in [0.4, 0.5) is 0 Å². The molecule has 0 aliphatic carbocycles. The van der Waals surface area contributed by atoms with Crippen molar-refractivity contribution in [1.29, 1.82) is 0 Å². The van der Waals surface area contributed by atoms with Gasteiger partial charge in [0.2, 0.25) is 0 Å². The van der Waals surface area contributed by atoms with Crippen LogP contribution >= 0.6 is 0 Å². The van der Waals surface area contributed by atoms with E-state index in [9.17, 15) is 0 Å². The van der Waals surface area contributed by atoms with Gasteiger partial charge in [0.05, 0.1) is 35.0 Å². The van der Waals surface area contributed by atoms with Crippen LogP contribution in [0.5, 0.6) is 23.0 Å². The maximum Gasteiger partial charge on any atom is 0.170 e. The van der Waals surface area contributed by atoms with Crippen LogP contribution in [0.15, 0.2) is 30.3 Å². The molecule has 7 nitrogen and oxygen atoms in total. The smallest absolute Gasteiger partial charge is 0.170 e. The van der Waals surface area contributed by atoms with Gasteiger partial charge in [-0.05, 0) is 49.6 Å². The first-order valence-corrected chi connectivity index (χ1v) is 11.0. The van der Waals surface area contributed by atoms with E-state index in [0.717, 1.165) is 29.0 Å². The van der Waals surface area contributed by atoms with Gasteiger partial charge in [0.15, 0.2) is 29.3 Å². The first-order chi connectivity index (χ1) is 15.6. The normalized spacial score (nSPS) is 16.0. The molecule has 3 rings (SSSR count). The molecule has 0 spiro atoms. The zero-order valence-electron chi connectivity index (χ0n) is 20.0. The minimum absolute atomic E-state index is 0.115. The number of benzene rings is 2. The Balaban J connectivity index is 2.03. The third-order valence-corrected chi connectivity index (χ3v) is 5.84. The van der Waals surface area contributed by atoms with Crippen molar-refractivity contribution in [2.75, 3.05) is 48.2 Å². The quantitative estimate of drug-likeness (QED) is 0.480. The highest BCUT2D eigenvalue weighted by Crippen LogP contribution is 2.43. The van der Waals surface area contributed by atoms with Gasteiger partial charge in [-0.3, -0.25) is 4.90 Å². The van der Waals surface area contributed by atoms with E-state index in [-0.39, 0.29) is 12.3 Å². The van der Waals surface area contributed by atoms with Crippen LogP contribution in [0.2, 0.25) is 0 Å². The van der Waals surface area contributed by atoms with Gasteiger partial charge >= 0.3 is 0 Å². The summed E-state index contributed by atoms with van der Waals surface area (Å²) in [4.78, 5) is 2.38. The fraction of sp³-hybridized carbons (Fsp3) is 0.520. The van der Waals surface area contributed by atoms with Crippen molar-refractivity contribution in [3.8, 4) is 23.0 Å². The highest BCUT2D eigenvalue weighted by molar-refractivity contribution is 5.53. The first-order valence-electron chi connectivity index (χ1n) is 11.0.